The Labute approximate surface area is 96.0 Å². The van der Waals surface area contributed by atoms with Gasteiger partial charge in [0, 0.05) is 11.6 Å². The standard InChI is InChI=1S/C14H17NO/c1-2-4-13(16)10-11-6-7-14-12(9-11)5-3-8-15-14/h3,5-9,13,16H,2,4,10H2,1H3. The van der Waals surface area contributed by atoms with E-state index in [9.17, 15) is 5.11 Å². The first kappa shape index (κ1) is 11.1. The number of fused-ring (bicyclic) bond motifs is 1. The van der Waals surface area contributed by atoms with Crippen molar-refractivity contribution in [1.82, 2.24) is 4.98 Å². The van der Waals surface area contributed by atoms with Crippen molar-refractivity contribution in [1.29, 1.82) is 0 Å². The molecule has 0 aliphatic heterocycles. The molecule has 0 fully saturated rings. The van der Waals surface area contributed by atoms with Crippen LogP contribution in [0.5, 0.6) is 0 Å². The number of rotatable bonds is 4. The zero-order valence-corrected chi connectivity index (χ0v) is 9.56. The van der Waals surface area contributed by atoms with Crippen LogP contribution in [0.3, 0.4) is 0 Å². The highest BCUT2D eigenvalue weighted by atomic mass is 16.3. The number of hydrogen-bond acceptors (Lipinski definition) is 2. The third-order valence-corrected chi connectivity index (χ3v) is 2.76. The fraction of sp³-hybridized carbons (Fsp3) is 0.357. The van der Waals surface area contributed by atoms with Crippen molar-refractivity contribution in [3.8, 4) is 0 Å². The molecular formula is C14H17NO. The number of pyridine rings is 1. The molecule has 2 aromatic rings. The maximum Gasteiger partial charge on any atom is 0.0702 e. The van der Waals surface area contributed by atoms with Gasteiger partial charge < -0.3 is 5.11 Å². The van der Waals surface area contributed by atoms with Crippen molar-refractivity contribution in [3.05, 3.63) is 42.1 Å². The molecule has 0 spiro atoms. The second-order valence-electron chi connectivity index (χ2n) is 4.18. The predicted molar refractivity (Wildman–Crippen MR) is 66.4 cm³/mol. The van der Waals surface area contributed by atoms with Crippen molar-refractivity contribution >= 4 is 10.9 Å². The van der Waals surface area contributed by atoms with Crippen LogP contribution >= 0.6 is 0 Å². The van der Waals surface area contributed by atoms with E-state index in [2.05, 4.69) is 24.0 Å². The molecule has 0 aliphatic carbocycles. The third kappa shape index (κ3) is 2.58. The van der Waals surface area contributed by atoms with Crippen LogP contribution in [-0.4, -0.2) is 16.2 Å². The first-order valence-corrected chi connectivity index (χ1v) is 5.81. The minimum Gasteiger partial charge on any atom is -0.393 e. The molecule has 1 N–H and O–H groups in total. The van der Waals surface area contributed by atoms with Crippen LogP contribution in [0.2, 0.25) is 0 Å². The maximum atomic E-state index is 9.76. The van der Waals surface area contributed by atoms with Crippen molar-refractivity contribution in [2.45, 2.75) is 32.3 Å². The minimum absolute atomic E-state index is 0.223. The monoisotopic (exact) mass is 215 g/mol. The van der Waals surface area contributed by atoms with E-state index < -0.39 is 0 Å². The summed E-state index contributed by atoms with van der Waals surface area (Å²) < 4.78 is 0. The molecular weight excluding hydrogens is 198 g/mol. The molecule has 0 saturated heterocycles. The molecule has 0 radical (unpaired) electrons. The van der Waals surface area contributed by atoms with Crippen molar-refractivity contribution in [2.24, 2.45) is 0 Å². The molecule has 1 heterocycles. The minimum atomic E-state index is -0.223. The van der Waals surface area contributed by atoms with Gasteiger partial charge in [0.05, 0.1) is 11.6 Å². The Bertz CT molecular complexity index is 467. The first-order chi connectivity index (χ1) is 7.79. The highest BCUT2D eigenvalue weighted by Crippen LogP contribution is 2.15. The molecule has 16 heavy (non-hydrogen) atoms. The molecule has 0 saturated carbocycles. The summed E-state index contributed by atoms with van der Waals surface area (Å²) in [5.74, 6) is 0. The molecule has 2 rings (SSSR count). The Morgan fingerprint density at radius 1 is 1.31 bits per heavy atom. The molecule has 0 amide bonds. The van der Waals surface area contributed by atoms with Gasteiger partial charge in [-0.1, -0.05) is 25.5 Å². The average molecular weight is 215 g/mol. The summed E-state index contributed by atoms with van der Waals surface area (Å²) in [6, 6.07) is 10.2. The number of aliphatic hydroxyl groups excluding tert-OH is 1. The van der Waals surface area contributed by atoms with Gasteiger partial charge in [0.25, 0.3) is 0 Å². The van der Waals surface area contributed by atoms with Crippen LogP contribution in [0.25, 0.3) is 10.9 Å². The van der Waals surface area contributed by atoms with Gasteiger partial charge in [-0.25, -0.2) is 0 Å². The SMILES string of the molecule is CCCC(O)Cc1ccc2ncccc2c1. The summed E-state index contributed by atoms with van der Waals surface area (Å²) in [5, 5.41) is 10.9. The van der Waals surface area contributed by atoms with E-state index >= 15 is 0 Å². The highest BCUT2D eigenvalue weighted by molar-refractivity contribution is 5.78. The first-order valence-electron chi connectivity index (χ1n) is 5.81. The second kappa shape index (κ2) is 5.08. The van der Waals surface area contributed by atoms with Crippen LogP contribution in [0.4, 0.5) is 0 Å². The topological polar surface area (TPSA) is 33.1 Å². The van der Waals surface area contributed by atoms with E-state index in [0.717, 1.165) is 30.2 Å². The van der Waals surface area contributed by atoms with Gasteiger partial charge in [0.1, 0.15) is 0 Å². The molecule has 2 nitrogen and oxygen atoms in total. The molecule has 1 aromatic heterocycles. The Morgan fingerprint density at radius 3 is 3.00 bits per heavy atom. The van der Waals surface area contributed by atoms with Crippen molar-refractivity contribution in [3.63, 3.8) is 0 Å². The molecule has 2 heteroatoms. The van der Waals surface area contributed by atoms with E-state index in [1.807, 2.05) is 18.2 Å². The number of benzene rings is 1. The Balaban J connectivity index is 2.19. The van der Waals surface area contributed by atoms with Gasteiger partial charge in [-0.3, -0.25) is 4.98 Å². The van der Waals surface area contributed by atoms with E-state index in [1.54, 1.807) is 6.20 Å². The average Bonchev–Trinajstić information content (AvgIpc) is 2.29. The summed E-state index contributed by atoms with van der Waals surface area (Å²) in [6.45, 7) is 2.09. The van der Waals surface area contributed by atoms with E-state index in [-0.39, 0.29) is 6.10 Å². The van der Waals surface area contributed by atoms with E-state index in [4.69, 9.17) is 0 Å². The Kier molecular flexibility index (Phi) is 3.52. The Hall–Kier alpha value is -1.41. The third-order valence-electron chi connectivity index (χ3n) is 2.76. The summed E-state index contributed by atoms with van der Waals surface area (Å²) >= 11 is 0. The molecule has 0 aliphatic rings. The van der Waals surface area contributed by atoms with E-state index in [0.29, 0.717) is 0 Å². The summed E-state index contributed by atoms with van der Waals surface area (Å²) in [6.07, 6.45) is 4.20. The van der Waals surface area contributed by atoms with Crippen LogP contribution in [-0.2, 0) is 6.42 Å². The lowest BCUT2D eigenvalue weighted by atomic mass is 10.0. The van der Waals surface area contributed by atoms with Crippen LogP contribution in [0.1, 0.15) is 25.3 Å². The van der Waals surface area contributed by atoms with Gasteiger partial charge in [-0.2, -0.15) is 0 Å². The Morgan fingerprint density at radius 2 is 2.19 bits per heavy atom. The molecule has 84 valence electrons. The molecule has 1 aromatic carbocycles. The molecule has 1 atom stereocenters. The summed E-state index contributed by atoms with van der Waals surface area (Å²) in [7, 11) is 0. The quantitative estimate of drug-likeness (QED) is 0.850. The highest BCUT2D eigenvalue weighted by Gasteiger charge is 2.04. The summed E-state index contributed by atoms with van der Waals surface area (Å²) in [5.41, 5.74) is 2.19. The van der Waals surface area contributed by atoms with Gasteiger partial charge in [0.2, 0.25) is 0 Å². The van der Waals surface area contributed by atoms with Crippen LogP contribution < -0.4 is 0 Å². The number of hydrogen-bond donors (Lipinski definition) is 1. The lowest BCUT2D eigenvalue weighted by molar-refractivity contribution is 0.164. The normalized spacial score (nSPS) is 12.9. The van der Waals surface area contributed by atoms with Gasteiger partial charge >= 0.3 is 0 Å². The molecule has 1 unspecified atom stereocenters. The smallest absolute Gasteiger partial charge is 0.0702 e. The van der Waals surface area contributed by atoms with Crippen molar-refractivity contribution in [2.75, 3.05) is 0 Å². The lowest BCUT2D eigenvalue weighted by Crippen LogP contribution is -2.09. The number of aliphatic hydroxyl groups is 1. The van der Waals surface area contributed by atoms with E-state index in [1.165, 1.54) is 5.56 Å². The second-order valence-corrected chi connectivity index (χ2v) is 4.18. The zero-order chi connectivity index (χ0) is 11.4. The van der Waals surface area contributed by atoms with Crippen LogP contribution in [0, 0.1) is 0 Å². The van der Waals surface area contributed by atoms with Gasteiger partial charge in [-0.15, -0.1) is 0 Å². The zero-order valence-electron chi connectivity index (χ0n) is 9.56. The summed E-state index contributed by atoms with van der Waals surface area (Å²) in [4.78, 5) is 4.28. The number of aromatic nitrogens is 1. The van der Waals surface area contributed by atoms with Gasteiger partial charge in [-0.05, 0) is 36.6 Å². The van der Waals surface area contributed by atoms with Crippen molar-refractivity contribution < 1.29 is 5.11 Å². The largest absolute Gasteiger partial charge is 0.393 e. The molecule has 0 bridgehead atoms. The fourth-order valence-electron chi connectivity index (χ4n) is 1.96. The van der Waals surface area contributed by atoms with Crippen LogP contribution in [0.15, 0.2) is 36.5 Å². The number of nitrogens with zero attached hydrogens (tertiary/aromatic N) is 1. The maximum absolute atomic E-state index is 9.76. The predicted octanol–water partition coefficient (Wildman–Crippen LogP) is 2.94. The fourth-order valence-corrected chi connectivity index (χ4v) is 1.96. The lowest BCUT2D eigenvalue weighted by Gasteiger charge is -2.09. The van der Waals surface area contributed by atoms with Gasteiger partial charge in [0.15, 0.2) is 0 Å².